The van der Waals surface area contributed by atoms with Crippen LogP contribution < -0.4 is 19.5 Å². The molecule has 0 saturated carbocycles. The van der Waals surface area contributed by atoms with E-state index >= 15 is 0 Å². The molecule has 174 valence electrons. The van der Waals surface area contributed by atoms with Gasteiger partial charge in [-0.25, -0.2) is 0 Å². The SMILES string of the molecule is COc1ccc(OCCCC(=O)N(Cc2cccc(OC)c2)C(C)C(=O)NC(C)C)cc1. The van der Waals surface area contributed by atoms with Crippen molar-refractivity contribution < 1.29 is 23.8 Å². The van der Waals surface area contributed by atoms with E-state index in [1.807, 2.05) is 62.4 Å². The standard InChI is InChI=1S/C25H34N2O5/c1-18(2)26-25(29)19(3)27(17-20-8-6-9-23(16-20)31-5)24(28)10-7-15-32-22-13-11-21(30-4)12-14-22/h6,8-9,11-14,16,18-19H,7,10,15,17H2,1-5H3,(H,26,29). The van der Waals surface area contributed by atoms with Crippen molar-refractivity contribution in [1.82, 2.24) is 10.2 Å². The Bertz CT molecular complexity index is 867. The van der Waals surface area contributed by atoms with E-state index < -0.39 is 6.04 Å². The van der Waals surface area contributed by atoms with Crippen LogP contribution in [0, 0.1) is 0 Å². The normalized spacial score (nSPS) is 11.6. The molecule has 0 aromatic heterocycles. The van der Waals surface area contributed by atoms with Gasteiger partial charge in [0.25, 0.3) is 0 Å². The summed E-state index contributed by atoms with van der Waals surface area (Å²) >= 11 is 0. The summed E-state index contributed by atoms with van der Waals surface area (Å²) in [5, 5.41) is 2.89. The topological polar surface area (TPSA) is 77.1 Å². The maximum absolute atomic E-state index is 13.1. The zero-order chi connectivity index (χ0) is 23.5. The lowest BCUT2D eigenvalue weighted by atomic mass is 10.1. The number of benzene rings is 2. The lowest BCUT2D eigenvalue weighted by Crippen LogP contribution is -2.49. The third-order valence-electron chi connectivity index (χ3n) is 4.95. The molecule has 2 rings (SSSR count). The van der Waals surface area contributed by atoms with Crippen LogP contribution in [0.15, 0.2) is 48.5 Å². The minimum Gasteiger partial charge on any atom is -0.497 e. The smallest absolute Gasteiger partial charge is 0.242 e. The minimum absolute atomic E-state index is 0.00313. The van der Waals surface area contributed by atoms with Crippen LogP contribution in [-0.2, 0) is 16.1 Å². The number of hydrogen-bond acceptors (Lipinski definition) is 5. The number of nitrogens with zero attached hydrogens (tertiary/aromatic N) is 1. The second kappa shape index (κ2) is 12.6. The number of hydrogen-bond donors (Lipinski definition) is 1. The summed E-state index contributed by atoms with van der Waals surface area (Å²) in [6.45, 7) is 6.27. The van der Waals surface area contributed by atoms with E-state index in [1.165, 1.54) is 0 Å². The average Bonchev–Trinajstić information content (AvgIpc) is 2.79. The monoisotopic (exact) mass is 442 g/mol. The second-order valence-corrected chi connectivity index (χ2v) is 7.84. The van der Waals surface area contributed by atoms with Crippen LogP contribution in [0.5, 0.6) is 17.2 Å². The molecule has 1 N–H and O–H groups in total. The Labute approximate surface area is 190 Å². The van der Waals surface area contributed by atoms with Crippen molar-refractivity contribution in [2.24, 2.45) is 0 Å². The largest absolute Gasteiger partial charge is 0.497 e. The van der Waals surface area contributed by atoms with Gasteiger partial charge in [0.1, 0.15) is 23.3 Å². The predicted octanol–water partition coefficient (Wildman–Crippen LogP) is 3.80. The van der Waals surface area contributed by atoms with Crippen molar-refractivity contribution >= 4 is 11.8 Å². The van der Waals surface area contributed by atoms with Crippen LogP contribution in [0.1, 0.15) is 39.2 Å². The van der Waals surface area contributed by atoms with E-state index in [4.69, 9.17) is 14.2 Å². The molecule has 2 aromatic carbocycles. The zero-order valence-corrected chi connectivity index (χ0v) is 19.6. The number of methoxy groups -OCH3 is 2. The molecule has 0 radical (unpaired) electrons. The first-order chi connectivity index (χ1) is 15.3. The molecule has 0 spiro atoms. The van der Waals surface area contributed by atoms with Gasteiger partial charge in [0.05, 0.1) is 20.8 Å². The number of rotatable bonds is 12. The lowest BCUT2D eigenvalue weighted by molar-refractivity contribution is -0.141. The summed E-state index contributed by atoms with van der Waals surface area (Å²) in [6.07, 6.45) is 0.817. The highest BCUT2D eigenvalue weighted by Crippen LogP contribution is 2.19. The maximum Gasteiger partial charge on any atom is 0.242 e. The van der Waals surface area contributed by atoms with E-state index in [0.29, 0.717) is 25.3 Å². The number of carbonyl (C=O) groups is 2. The van der Waals surface area contributed by atoms with Crippen molar-refractivity contribution in [2.45, 2.75) is 52.2 Å². The minimum atomic E-state index is -0.599. The van der Waals surface area contributed by atoms with Gasteiger partial charge in [0.2, 0.25) is 11.8 Å². The van der Waals surface area contributed by atoms with Gasteiger partial charge in [-0.1, -0.05) is 12.1 Å². The molecule has 32 heavy (non-hydrogen) atoms. The Morgan fingerprint density at radius 2 is 1.59 bits per heavy atom. The fourth-order valence-electron chi connectivity index (χ4n) is 3.18. The van der Waals surface area contributed by atoms with Crippen LogP contribution in [-0.4, -0.2) is 49.6 Å². The summed E-state index contributed by atoms with van der Waals surface area (Å²) in [4.78, 5) is 27.3. The molecule has 0 aliphatic heterocycles. The number of nitrogens with one attached hydrogen (secondary N) is 1. The number of ether oxygens (including phenoxy) is 3. The summed E-state index contributed by atoms with van der Waals surface area (Å²) in [7, 11) is 3.21. The van der Waals surface area contributed by atoms with Gasteiger partial charge in [0.15, 0.2) is 0 Å². The molecule has 1 unspecified atom stereocenters. The van der Waals surface area contributed by atoms with Gasteiger partial charge in [-0.15, -0.1) is 0 Å². The van der Waals surface area contributed by atoms with Gasteiger partial charge in [-0.05, 0) is 69.2 Å². The molecular weight excluding hydrogens is 408 g/mol. The Kier molecular flexibility index (Phi) is 9.85. The van der Waals surface area contributed by atoms with Crippen molar-refractivity contribution in [3.8, 4) is 17.2 Å². The zero-order valence-electron chi connectivity index (χ0n) is 19.6. The summed E-state index contributed by atoms with van der Waals surface area (Å²) < 4.78 is 16.1. The van der Waals surface area contributed by atoms with Crippen LogP contribution in [0.2, 0.25) is 0 Å². The molecule has 2 amide bonds. The van der Waals surface area contributed by atoms with Gasteiger partial charge >= 0.3 is 0 Å². The first-order valence-corrected chi connectivity index (χ1v) is 10.8. The highest BCUT2D eigenvalue weighted by molar-refractivity contribution is 5.87. The fraction of sp³-hybridized carbons (Fsp3) is 0.440. The number of amides is 2. The van der Waals surface area contributed by atoms with E-state index in [-0.39, 0.29) is 24.3 Å². The van der Waals surface area contributed by atoms with E-state index in [2.05, 4.69) is 5.32 Å². The summed E-state index contributed by atoms with van der Waals surface area (Å²) in [6, 6.07) is 14.2. The van der Waals surface area contributed by atoms with Crippen molar-refractivity contribution in [2.75, 3.05) is 20.8 Å². The van der Waals surface area contributed by atoms with Crippen molar-refractivity contribution in [3.05, 3.63) is 54.1 Å². The molecule has 7 heteroatoms. The molecule has 0 heterocycles. The van der Waals surface area contributed by atoms with Crippen molar-refractivity contribution in [3.63, 3.8) is 0 Å². The third kappa shape index (κ3) is 7.80. The Balaban J connectivity index is 2.00. The number of carbonyl (C=O) groups excluding carboxylic acids is 2. The van der Waals surface area contributed by atoms with Gasteiger partial charge < -0.3 is 24.4 Å². The van der Waals surface area contributed by atoms with Crippen LogP contribution in [0.3, 0.4) is 0 Å². The molecule has 2 aromatic rings. The van der Waals surface area contributed by atoms with Crippen LogP contribution in [0.4, 0.5) is 0 Å². The first-order valence-electron chi connectivity index (χ1n) is 10.8. The van der Waals surface area contributed by atoms with E-state index in [1.54, 1.807) is 26.0 Å². The quantitative estimate of drug-likeness (QED) is 0.506. The van der Waals surface area contributed by atoms with Crippen molar-refractivity contribution in [1.29, 1.82) is 0 Å². The Morgan fingerprint density at radius 3 is 2.22 bits per heavy atom. The van der Waals surface area contributed by atoms with Crippen LogP contribution >= 0.6 is 0 Å². The van der Waals surface area contributed by atoms with Gasteiger partial charge in [-0.3, -0.25) is 9.59 Å². The molecule has 0 aliphatic carbocycles. The van der Waals surface area contributed by atoms with Gasteiger partial charge in [-0.2, -0.15) is 0 Å². The molecule has 0 saturated heterocycles. The fourth-order valence-corrected chi connectivity index (χ4v) is 3.18. The first kappa shape index (κ1) is 25.0. The van der Waals surface area contributed by atoms with E-state index in [9.17, 15) is 9.59 Å². The second-order valence-electron chi connectivity index (χ2n) is 7.84. The average molecular weight is 443 g/mol. The molecule has 7 nitrogen and oxygen atoms in total. The third-order valence-corrected chi connectivity index (χ3v) is 4.95. The maximum atomic E-state index is 13.1. The molecular formula is C25H34N2O5. The molecule has 1 atom stereocenters. The molecule has 0 fully saturated rings. The molecule has 0 bridgehead atoms. The summed E-state index contributed by atoms with van der Waals surface area (Å²) in [5.41, 5.74) is 0.899. The Morgan fingerprint density at radius 1 is 0.938 bits per heavy atom. The molecule has 0 aliphatic rings. The highest BCUT2D eigenvalue weighted by atomic mass is 16.5. The Hall–Kier alpha value is -3.22. The highest BCUT2D eigenvalue weighted by Gasteiger charge is 2.26. The lowest BCUT2D eigenvalue weighted by Gasteiger charge is -2.29. The van der Waals surface area contributed by atoms with Gasteiger partial charge in [0, 0.05) is 19.0 Å². The van der Waals surface area contributed by atoms with E-state index in [0.717, 1.165) is 17.1 Å². The summed E-state index contributed by atoms with van der Waals surface area (Å²) in [5.74, 6) is 1.91. The van der Waals surface area contributed by atoms with Crippen LogP contribution in [0.25, 0.3) is 0 Å². The predicted molar refractivity (Wildman–Crippen MR) is 124 cm³/mol.